The molecule has 10 heteroatoms. The molecule has 2 aliphatic heterocycles. The van der Waals surface area contributed by atoms with Crippen LogP contribution in [0.25, 0.3) is 0 Å². The number of H-pyrrole nitrogens is 1. The minimum Gasteiger partial charge on any atom is -0.331 e. The number of hydrogen-bond acceptors (Lipinski definition) is 5. The SMILES string of the molecule is CN(C)C(=O)N1CCN(C(=O)c2cc(C3CC3)[nH]n2)[C@H]2CS(=O)(=O)C[C@H]21. The van der Waals surface area contributed by atoms with Crippen molar-refractivity contribution in [3.63, 3.8) is 0 Å². The molecule has 0 aromatic carbocycles. The summed E-state index contributed by atoms with van der Waals surface area (Å²) < 4.78 is 24.5. The number of amides is 3. The van der Waals surface area contributed by atoms with Gasteiger partial charge in [-0.15, -0.1) is 0 Å². The van der Waals surface area contributed by atoms with Crippen LogP contribution in [0, 0.1) is 0 Å². The molecule has 4 rings (SSSR count). The van der Waals surface area contributed by atoms with E-state index in [0.29, 0.717) is 24.7 Å². The number of aromatic nitrogens is 2. The van der Waals surface area contributed by atoms with Gasteiger partial charge in [0, 0.05) is 38.8 Å². The van der Waals surface area contributed by atoms with Crippen LogP contribution in [0.5, 0.6) is 0 Å². The van der Waals surface area contributed by atoms with Gasteiger partial charge in [0.2, 0.25) is 0 Å². The lowest BCUT2D eigenvalue weighted by Crippen LogP contribution is -2.63. The minimum absolute atomic E-state index is 0.102. The molecular weight excluding hydrogens is 358 g/mol. The standard InChI is InChI=1S/C16H23N5O4S/c1-19(2)16(23)21-6-5-20(13-8-26(24,25)9-14(13)21)15(22)12-7-11(17-18-12)10-3-4-10/h7,10,13-14H,3-6,8-9H2,1-2H3,(H,17,18)/t13-,14+/m0/s1. The highest BCUT2D eigenvalue weighted by molar-refractivity contribution is 7.91. The van der Waals surface area contributed by atoms with E-state index in [1.54, 1.807) is 30.0 Å². The highest BCUT2D eigenvalue weighted by Crippen LogP contribution is 2.39. The molecule has 2 atom stereocenters. The maximum absolute atomic E-state index is 13.0. The summed E-state index contributed by atoms with van der Waals surface area (Å²) in [6.07, 6.45) is 2.20. The number of nitrogens with one attached hydrogen (secondary N) is 1. The molecule has 3 fully saturated rings. The van der Waals surface area contributed by atoms with Crippen molar-refractivity contribution >= 4 is 21.8 Å². The molecule has 1 aromatic rings. The number of hydrogen-bond donors (Lipinski definition) is 1. The first-order chi connectivity index (χ1) is 12.3. The normalized spacial score (nSPS) is 27.3. The fraction of sp³-hybridized carbons (Fsp3) is 0.688. The van der Waals surface area contributed by atoms with E-state index in [4.69, 9.17) is 0 Å². The van der Waals surface area contributed by atoms with Gasteiger partial charge in [0.1, 0.15) is 5.69 Å². The molecule has 0 unspecified atom stereocenters. The Balaban J connectivity index is 1.59. The van der Waals surface area contributed by atoms with Gasteiger partial charge in [0.25, 0.3) is 5.91 Å². The third-order valence-corrected chi connectivity index (χ3v) is 7.10. The van der Waals surface area contributed by atoms with E-state index in [1.807, 2.05) is 0 Å². The van der Waals surface area contributed by atoms with E-state index in [1.165, 1.54) is 4.90 Å². The van der Waals surface area contributed by atoms with Crippen LogP contribution in [0.1, 0.15) is 34.9 Å². The summed E-state index contributed by atoms with van der Waals surface area (Å²) in [5.41, 5.74) is 1.28. The van der Waals surface area contributed by atoms with Gasteiger partial charge in [-0.25, -0.2) is 13.2 Å². The summed E-state index contributed by atoms with van der Waals surface area (Å²) in [7, 11) is -0.0217. The molecule has 26 heavy (non-hydrogen) atoms. The molecule has 0 radical (unpaired) electrons. The quantitative estimate of drug-likeness (QED) is 0.769. The molecule has 0 bridgehead atoms. The van der Waals surface area contributed by atoms with Crippen LogP contribution in [0.3, 0.4) is 0 Å². The Morgan fingerprint density at radius 3 is 2.38 bits per heavy atom. The van der Waals surface area contributed by atoms with Gasteiger partial charge in [-0.05, 0) is 18.9 Å². The number of rotatable bonds is 2. The predicted octanol–water partition coefficient (Wildman–Crippen LogP) is -0.108. The molecule has 3 aliphatic rings. The van der Waals surface area contributed by atoms with Crippen LogP contribution in [-0.4, -0.2) is 96.0 Å². The van der Waals surface area contributed by atoms with Crippen molar-refractivity contribution in [1.82, 2.24) is 24.9 Å². The Kier molecular flexibility index (Phi) is 3.98. The lowest BCUT2D eigenvalue weighted by molar-refractivity contribution is 0.0388. The van der Waals surface area contributed by atoms with Crippen LogP contribution in [0.2, 0.25) is 0 Å². The van der Waals surface area contributed by atoms with Gasteiger partial charge in [-0.2, -0.15) is 5.10 Å². The van der Waals surface area contributed by atoms with Gasteiger partial charge in [0.05, 0.1) is 23.6 Å². The molecule has 142 valence electrons. The van der Waals surface area contributed by atoms with Crippen molar-refractivity contribution in [2.45, 2.75) is 30.8 Å². The third-order valence-electron chi connectivity index (χ3n) is 5.40. The van der Waals surface area contributed by atoms with E-state index in [2.05, 4.69) is 10.2 Å². The van der Waals surface area contributed by atoms with Gasteiger partial charge >= 0.3 is 6.03 Å². The maximum Gasteiger partial charge on any atom is 0.319 e. The van der Waals surface area contributed by atoms with Crippen LogP contribution in [-0.2, 0) is 9.84 Å². The largest absolute Gasteiger partial charge is 0.331 e. The number of fused-ring (bicyclic) bond motifs is 1. The minimum atomic E-state index is -3.30. The summed E-state index contributed by atoms with van der Waals surface area (Å²) >= 11 is 0. The third kappa shape index (κ3) is 2.95. The number of piperazine rings is 1. The van der Waals surface area contributed by atoms with Crippen molar-refractivity contribution in [2.24, 2.45) is 0 Å². The lowest BCUT2D eigenvalue weighted by atomic mass is 10.0. The van der Waals surface area contributed by atoms with Crippen LogP contribution in [0.15, 0.2) is 6.07 Å². The van der Waals surface area contributed by atoms with Crippen molar-refractivity contribution in [2.75, 3.05) is 38.7 Å². The Labute approximate surface area is 152 Å². The zero-order valence-electron chi connectivity index (χ0n) is 14.9. The van der Waals surface area contributed by atoms with Crippen molar-refractivity contribution in [1.29, 1.82) is 0 Å². The molecule has 1 N–H and O–H groups in total. The first kappa shape index (κ1) is 17.3. The predicted molar refractivity (Wildman–Crippen MR) is 93.6 cm³/mol. The summed E-state index contributed by atoms with van der Waals surface area (Å²) in [5, 5.41) is 7.05. The molecule has 1 aromatic heterocycles. The summed E-state index contributed by atoms with van der Waals surface area (Å²) in [6, 6.07) is 0.524. The first-order valence-electron chi connectivity index (χ1n) is 8.81. The van der Waals surface area contributed by atoms with Crippen molar-refractivity contribution in [3.8, 4) is 0 Å². The number of carbonyl (C=O) groups is 2. The zero-order chi connectivity index (χ0) is 18.6. The van der Waals surface area contributed by atoms with E-state index >= 15 is 0 Å². The van der Waals surface area contributed by atoms with E-state index in [-0.39, 0.29) is 23.4 Å². The molecule has 1 saturated carbocycles. The summed E-state index contributed by atoms with van der Waals surface area (Å²) in [6.45, 7) is 0.625. The Bertz CT molecular complexity index is 845. The first-order valence-corrected chi connectivity index (χ1v) is 10.6. The van der Waals surface area contributed by atoms with Crippen molar-refractivity contribution < 1.29 is 18.0 Å². The maximum atomic E-state index is 13.0. The lowest BCUT2D eigenvalue weighted by Gasteiger charge is -2.44. The average Bonchev–Trinajstić information content (AvgIpc) is 3.21. The number of carbonyl (C=O) groups excluding carboxylic acids is 2. The molecule has 0 spiro atoms. The van der Waals surface area contributed by atoms with Crippen LogP contribution in [0.4, 0.5) is 4.79 Å². The molecule has 3 heterocycles. The van der Waals surface area contributed by atoms with Crippen molar-refractivity contribution in [3.05, 3.63) is 17.5 Å². The smallest absolute Gasteiger partial charge is 0.319 e. The zero-order valence-corrected chi connectivity index (χ0v) is 15.7. The average molecular weight is 381 g/mol. The number of nitrogens with zero attached hydrogens (tertiary/aromatic N) is 4. The number of sulfone groups is 1. The van der Waals surface area contributed by atoms with Crippen LogP contribution >= 0.6 is 0 Å². The second kappa shape index (κ2) is 5.97. The highest BCUT2D eigenvalue weighted by atomic mass is 32.2. The van der Waals surface area contributed by atoms with Gasteiger partial charge in [0.15, 0.2) is 9.84 Å². The Hall–Kier alpha value is -2.10. The Morgan fingerprint density at radius 1 is 1.15 bits per heavy atom. The number of aromatic amines is 1. The fourth-order valence-corrected chi connectivity index (χ4v) is 5.88. The van der Waals surface area contributed by atoms with Gasteiger partial charge in [-0.1, -0.05) is 0 Å². The van der Waals surface area contributed by atoms with Gasteiger partial charge < -0.3 is 14.7 Å². The summed E-state index contributed by atoms with van der Waals surface area (Å²) in [4.78, 5) is 30.0. The van der Waals surface area contributed by atoms with E-state index < -0.39 is 21.9 Å². The molecule has 2 saturated heterocycles. The molecular formula is C16H23N5O4S. The second-order valence-electron chi connectivity index (χ2n) is 7.56. The number of urea groups is 1. The Morgan fingerprint density at radius 2 is 1.77 bits per heavy atom. The highest BCUT2D eigenvalue weighted by Gasteiger charge is 2.50. The van der Waals surface area contributed by atoms with E-state index in [9.17, 15) is 18.0 Å². The second-order valence-corrected chi connectivity index (χ2v) is 9.72. The molecule has 9 nitrogen and oxygen atoms in total. The summed E-state index contributed by atoms with van der Waals surface area (Å²) in [5.74, 6) is -0.0227. The molecule has 1 aliphatic carbocycles. The topological polar surface area (TPSA) is 107 Å². The molecule has 3 amide bonds. The van der Waals surface area contributed by atoms with Crippen LogP contribution < -0.4 is 0 Å². The van der Waals surface area contributed by atoms with Gasteiger partial charge in [-0.3, -0.25) is 9.89 Å². The fourth-order valence-electron chi connectivity index (χ4n) is 3.90. The monoisotopic (exact) mass is 381 g/mol. The van der Waals surface area contributed by atoms with E-state index in [0.717, 1.165) is 18.5 Å².